The molecule has 0 aliphatic rings. The number of alkyl halides is 3. The van der Waals surface area contributed by atoms with E-state index >= 15 is 0 Å². The number of halogens is 3. The van der Waals surface area contributed by atoms with Crippen LogP contribution in [0.5, 0.6) is 0 Å². The van der Waals surface area contributed by atoms with E-state index in [9.17, 15) is 23.2 Å². The van der Waals surface area contributed by atoms with Gasteiger partial charge in [-0.25, -0.2) is 0 Å². The summed E-state index contributed by atoms with van der Waals surface area (Å²) in [4.78, 5) is 12.8. The predicted molar refractivity (Wildman–Crippen MR) is 96.1 cm³/mol. The molecule has 6 heteroatoms. The van der Waals surface area contributed by atoms with Crippen molar-refractivity contribution in [2.24, 2.45) is 0 Å². The van der Waals surface area contributed by atoms with Crippen LogP contribution in [0.1, 0.15) is 22.3 Å². The van der Waals surface area contributed by atoms with Crippen molar-refractivity contribution in [2.45, 2.75) is 19.6 Å². The first kappa shape index (κ1) is 18.5. The molecule has 3 rings (SSSR count). The third-order valence-corrected chi connectivity index (χ3v) is 4.38. The van der Waals surface area contributed by atoms with Crippen LogP contribution in [0.4, 0.5) is 13.2 Å². The minimum Gasteiger partial charge on any atom is -0.303 e. The molecule has 0 radical (unpaired) electrons. The van der Waals surface area contributed by atoms with Crippen LogP contribution in [0.3, 0.4) is 0 Å². The number of hydrogen-bond acceptors (Lipinski definition) is 2. The van der Waals surface area contributed by atoms with Crippen molar-refractivity contribution < 1.29 is 13.2 Å². The van der Waals surface area contributed by atoms with Crippen molar-refractivity contribution in [3.63, 3.8) is 0 Å². The van der Waals surface area contributed by atoms with Crippen molar-refractivity contribution in [1.82, 2.24) is 4.57 Å². The van der Waals surface area contributed by atoms with E-state index in [1.807, 2.05) is 19.1 Å². The third-order valence-electron chi connectivity index (χ3n) is 4.38. The molecule has 3 aromatic rings. The standard InChI is InChI=1S/C21H15F3N2O/c1-14-7-5-6-10-16(14)13-26-19(15-8-3-2-4-9-15)11-18(21(22,23)24)17(12-25)20(26)27/h2-11H,13H2,1H3. The van der Waals surface area contributed by atoms with E-state index in [-0.39, 0.29) is 12.2 Å². The summed E-state index contributed by atoms with van der Waals surface area (Å²) in [6, 6.07) is 18.0. The molecule has 0 N–H and O–H groups in total. The molecule has 0 spiro atoms. The normalized spacial score (nSPS) is 11.2. The van der Waals surface area contributed by atoms with Gasteiger partial charge >= 0.3 is 6.18 Å². The van der Waals surface area contributed by atoms with E-state index in [2.05, 4.69) is 0 Å². The zero-order chi connectivity index (χ0) is 19.6. The van der Waals surface area contributed by atoms with E-state index in [1.165, 1.54) is 10.6 Å². The lowest BCUT2D eigenvalue weighted by atomic mass is 10.0. The second-order valence-corrected chi connectivity index (χ2v) is 6.11. The van der Waals surface area contributed by atoms with Gasteiger partial charge in [-0.05, 0) is 29.7 Å². The summed E-state index contributed by atoms with van der Waals surface area (Å²) in [5, 5.41) is 9.21. The molecule has 0 bridgehead atoms. The Balaban J connectivity index is 2.33. The van der Waals surface area contributed by atoms with Crippen molar-refractivity contribution in [3.05, 3.63) is 93.3 Å². The Morgan fingerprint density at radius 3 is 2.26 bits per heavy atom. The summed E-state index contributed by atoms with van der Waals surface area (Å²) in [6.45, 7) is 1.93. The second-order valence-electron chi connectivity index (χ2n) is 6.11. The summed E-state index contributed by atoms with van der Waals surface area (Å²) in [5.41, 5.74) is -0.768. The molecule has 0 atom stereocenters. The fourth-order valence-corrected chi connectivity index (χ4v) is 2.94. The molecule has 0 aliphatic heterocycles. The van der Waals surface area contributed by atoms with Crippen LogP contribution in [0, 0.1) is 18.3 Å². The Bertz CT molecular complexity index is 1080. The molecule has 0 aliphatic carbocycles. The van der Waals surface area contributed by atoms with E-state index in [1.54, 1.807) is 42.5 Å². The van der Waals surface area contributed by atoms with Gasteiger partial charge in [-0.1, -0.05) is 54.6 Å². The molecule has 0 saturated carbocycles. The van der Waals surface area contributed by atoms with Gasteiger partial charge in [0.05, 0.1) is 17.8 Å². The molecule has 136 valence electrons. The Morgan fingerprint density at radius 1 is 1.04 bits per heavy atom. The van der Waals surface area contributed by atoms with Gasteiger partial charge in [0.15, 0.2) is 0 Å². The molecule has 0 saturated heterocycles. The fourth-order valence-electron chi connectivity index (χ4n) is 2.94. The summed E-state index contributed by atoms with van der Waals surface area (Å²) in [5.74, 6) is 0. The first-order valence-corrected chi connectivity index (χ1v) is 8.18. The molecule has 0 fully saturated rings. The lowest BCUT2D eigenvalue weighted by molar-refractivity contribution is -0.137. The molecule has 27 heavy (non-hydrogen) atoms. The molecule has 1 aromatic heterocycles. The van der Waals surface area contributed by atoms with Gasteiger partial charge in [0.2, 0.25) is 0 Å². The Labute approximate surface area is 153 Å². The maximum absolute atomic E-state index is 13.4. The van der Waals surface area contributed by atoms with Gasteiger partial charge in [-0.3, -0.25) is 4.79 Å². The Hall–Kier alpha value is -3.33. The number of nitriles is 1. The summed E-state index contributed by atoms with van der Waals surface area (Å²) < 4.78 is 41.5. The monoisotopic (exact) mass is 368 g/mol. The van der Waals surface area contributed by atoms with E-state index < -0.39 is 22.9 Å². The zero-order valence-electron chi connectivity index (χ0n) is 14.4. The van der Waals surface area contributed by atoms with E-state index in [0.717, 1.165) is 17.2 Å². The number of aryl methyl sites for hydroxylation is 1. The third kappa shape index (κ3) is 3.63. The molecule has 0 amide bonds. The van der Waals surface area contributed by atoms with Crippen LogP contribution in [-0.2, 0) is 12.7 Å². The van der Waals surface area contributed by atoms with Gasteiger partial charge in [-0.15, -0.1) is 0 Å². The van der Waals surface area contributed by atoms with Crippen molar-refractivity contribution in [2.75, 3.05) is 0 Å². The highest BCUT2D eigenvalue weighted by molar-refractivity contribution is 5.62. The summed E-state index contributed by atoms with van der Waals surface area (Å²) in [6.07, 6.45) is -4.80. The smallest absolute Gasteiger partial charge is 0.303 e. The van der Waals surface area contributed by atoms with Crippen LogP contribution < -0.4 is 5.56 Å². The van der Waals surface area contributed by atoms with Gasteiger partial charge in [0.25, 0.3) is 5.56 Å². The molecular weight excluding hydrogens is 353 g/mol. The number of nitrogens with zero attached hydrogens (tertiary/aromatic N) is 2. The highest BCUT2D eigenvalue weighted by Gasteiger charge is 2.36. The first-order chi connectivity index (χ1) is 12.8. The van der Waals surface area contributed by atoms with Gasteiger partial charge in [0, 0.05) is 0 Å². The number of hydrogen-bond donors (Lipinski definition) is 0. The average Bonchev–Trinajstić information content (AvgIpc) is 2.64. The number of benzene rings is 2. The number of rotatable bonds is 3. The summed E-state index contributed by atoms with van der Waals surface area (Å²) >= 11 is 0. The van der Waals surface area contributed by atoms with Crippen molar-refractivity contribution in [1.29, 1.82) is 5.26 Å². The SMILES string of the molecule is Cc1ccccc1Cn1c(-c2ccccc2)cc(C(F)(F)F)c(C#N)c1=O. The maximum Gasteiger partial charge on any atom is 0.417 e. The minimum absolute atomic E-state index is 0.0720. The van der Waals surface area contributed by atoms with Crippen LogP contribution in [0.15, 0.2) is 65.5 Å². The molecule has 2 aromatic carbocycles. The number of aromatic nitrogens is 1. The average molecular weight is 368 g/mol. The topological polar surface area (TPSA) is 45.8 Å². The summed E-state index contributed by atoms with van der Waals surface area (Å²) in [7, 11) is 0. The van der Waals surface area contributed by atoms with Gasteiger partial charge < -0.3 is 4.57 Å². The fraction of sp³-hybridized carbons (Fsp3) is 0.143. The van der Waals surface area contributed by atoms with E-state index in [4.69, 9.17) is 0 Å². The van der Waals surface area contributed by atoms with Gasteiger partial charge in [0.1, 0.15) is 11.6 Å². The second kappa shape index (κ2) is 7.12. The first-order valence-electron chi connectivity index (χ1n) is 8.18. The highest BCUT2D eigenvalue weighted by Crippen LogP contribution is 2.33. The molecule has 0 unspecified atom stereocenters. The minimum atomic E-state index is -4.80. The van der Waals surface area contributed by atoms with Crippen LogP contribution >= 0.6 is 0 Å². The number of pyridine rings is 1. The lowest BCUT2D eigenvalue weighted by Gasteiger charge is -2.18. The highest BCUT2D eigenvalue weighted by atomic mass is 19.4. The van der Waals surface area contributed by atoms with Crippen LogP contribution in [0.25, 0.3) is 11.3 Å². The molecule has 1 heterocycles. The maximum atomic E-state index is 13.4. The largest absolute Gasteiger partial charge is 0.417 e. The molecular formula is C21H15F3N2O. The van der Waals surface area contributed by atoms with Crippen molar-refractivity contribution in [3.8, 4) is 17.3 Å². The quantitative estimate of drug-likeness (QED) is 0.669. The van der Waals surface area contributed by atoms with Gasteiger partial charge in [-0.2, -0.15) is 18.4 Å². The molecule has 3 nitrogen and oxygen atoms in total. The van der Waals surface area contributed by atoms with Crippen LogP contribution in [0.2, 0.25) is 0 Å². The zero-order valence-corrected chi connectivity index (χ0v) is 14.4. The predicted octanol–water partition coefficient (Wildman–Crippen LogP) is 4.76. The Morgan fingerprint density at radius 2 is 1.67 bits per heavy atom. The van der Waals surface area contributed by atoms with Crippen molar-refractivity contribution >= 4 is 0 Å². The lowest BCUT2D eigenvalue weighted by Crippen LogP contribution is -2.28. The Kier molecular flexibility index (Phi) is 4.87. The van der Waals surface area contributed by atoms with E-state index in [0.29, 0.717) is 5.56 Å². The van der Waals surface area contributed by atoms with Crippen LogP contribution in [-0.4, -0.2) is 4.57 Å².